The summed E-state index contributed by atoms with van der Waals surface area (Å²) in [5.74, 6) is -0.763. The van der Waals surface area contributed by atoms with Gasteiger partial charge in [-0.2, -0.15) is 0 Å². The summed E-state index contributed by atoms with van der Waals surface area (Å²) in [4.78, 5) is 25.1. The number of benzene rings is 2. The quantitative estimate of drug-likeness (QED) is 0.799. The van der Waals surface area contributed by atoms with Gasteiger partial charge in [0, 0.05) is 16.4 Å². The molecule has 2 aromatic carbocycles. The lowest BCUT2D eigenvalue weighted by Gasteiger charge is -2.23. The maximum atomic E-state index is 12.6. The van der Waals surface area contributed by atoms with Crippen LogP contribution in [-0.2, 0) is 9.59 Å². The fourth-order valence-corrected chi connectivity index (χ4v) is 2.38. The van der Waals surface area contributed by atoms with Gasteiger partial charge in [-0.3, -0.25) is 9.59 Å². The third kappa shape index (κ3) is 4.15. The van der Waals surface area contributed by atoms with Gasteiger partial charge < -0.3 is 10.6 Å². The maximum absolute atomic E-state index is 12.6. The van der Waals surface area contributed by atoms with Crippen molar-refractivity contribution in [3.8, 4) is 0 Å². The number of hydrogen-bond acceptors (Lipinski definition) is 2. The van der Waals surface area contributed by atoms with Gasteiger partial charge in [0.15, 0.2) is 0 Å². The van der Waals surface area contributed by atoms with Crippen molar-refractivity contribution in [3.63, 3.8) is 0 Å². The normalized spacial score (nSPS) is 11.0. The Kier molecular flexibility index (Phi) is 5.30. The van der Waals surface area contributed by atoms with Gasteiger partial charge in [0.1, 0.15) is 5.41 Å². The van der Waals surface area contributed by atoms with Gasteiger partial charge in [0.25, 0.3) is 0 Å². The van der Waals surface area contributed by atoms with E-state index in [1.54, 1.807) is 38.1 Å². The van der Waals surface area contributed by atoms with Gasteiger partial charge in [0.2, 0.25) is 11.8 Å². The molecular formula is C19H21ClN2O2. The molecular weight excluding hydrogens is 324 g/mol. The highest BCUT2D eigenvalue weighted by Crippen LogP contribution is 2.24. The van der Waals surface area contributed by atoms with Crippen molar-refractivity contribution in [1.29, 1.82) is 0 Å². The molecule has 0 fully saturated rings. The highest BCUT2D eigenvalue weighted by atomic mass is 35.5. The highest BCUT2D eigenvalue weighted by Gasteiger charge is 2.36. The Hall–Kier alpha value is -2.33. The lowest BCUT2D eigenvalue weighted by molar-refractivity contribution is -0.135. The summed E-state index contributed by atoms with van der Waals surface area (Å²) in [6.07, 6.45) is 0. The Labute approximate surface area is 147 Å². The number of anilines is 2. The fourth-order valence-electron chi connectivity index (χ4n) is 2.19. The molecule has 0 aromatic heterocycles. The van der Waals surface area contributed by atoms with Gasteiger partial charge in [-0.25, -0.2) is 0 Å². The molecule has 0 saturated carbocycles. The third-order valence-corrected chi connectivity index (χ3v) is 4.08. The molecule has 2 rings (SSSR count). The first-order chi connectivity index (χ1) is 11.2. The molecule has 0 saturated heterocycles. The average Bonchev–Trinajstić information content (AvgIpc) is 2.49. The van der Waals surface area contributed by atoms with Crippen LogP contribution in [0.1, 0.15) is 25.0 Å². The number of hydrogen-bond donors (Lipinski definition) is 2. The molecule has 0 aliphatic heterocycles. The summed E-state index contributed by atoms with van der Waals surface area (Å²) < 4.78 is 0. The second-order valence-electron chi connectivity index (χ2n) is 6.36. The van der Waals surface area contributed by atoms with E-state index in [0.29, 0.717) is 16.4 Å². The lowest BCUT2D eigenvalue weighted by Crippen LogP contribution is -2.41. The van der Waals surface area contributed by atoms with Crippen molar-refractivity contribution in [2.24, 2.45) is 5.41 Å². The van der Waals surface area contributed by atoms with Crippen LogP contribution in [0.3, 0.4) is 0 Å². The van der Waals surface area contributed by atoms with Crippen molar-refractivity contribution in [2.75, 3.05) is 10.6 Å². The molecule has 4 nitrogen and oxygen atoms in total. The Morgan fingerprint density at radius 1 is 0.958 bits per heavy atom. The summed E-state index contributed by atoms with van der Waals surface area (Å²) in [7, 11) is 0. The van der Waals surface area contributed by atoms with Crippen molar-refractivity contribution in [3.05, 3.63) is 58.6 Å². The molecule has 126 valence electrons. The second-order valence-corrected chi connectivity index (χ2v) is 6.80. The first-order valence-electron chi connectivity index (χ1n) is 7.66. The van der Waals surface area contributed by atoms with Gasteiger partial charge in [-0.15, -0.1) is 0 Å². The predicted molar refractivity (Wildman–Crippen MR) is 98.4 cm³/mol. The lowest BCUT2D eigenvalue weighted by atomic mass is 9.90. The number of amides is 2. The largest absolute Gasteiger partial charge is 0.325 e. The highest BCUT2D eigenvalue weighted by molar-refractivity contribution is 6.31. The van der Waals surface area contributed by atoms with E-state index in [2.05, 4.69) is 10.6 Å². The standard InChI is InChI=1S/C19H21ClN2O2/c1-12-8-9-16(13(2)10-12)22-18(24)19(3,4)17(23)21-15-7-5-6-14(20)11-15/h5-11H,1-4H3,(H,21,23)(H,22,24). The van der Waals surface area contributed by atoms with E-state index in [4.69, 9.17) is 11.6 Å². The summed E-state index contributed by atoms with van der Waals surface area (Å²) in [5, 5.41) is 6.08. The number of carbonyl (C=O) groups excluding carboxylic acids is 2. The minimum absolute atomic E-state index is 0.367. The van der Waals surface area contributed by atoms with Crippen LogP contribution in [0.5, 0.6) is 0 Å². The number of aryl methyl sites for hydroxylation is 2. The minimum atomic E-state index is -1.24. The van der Waals surface area contributed by atoms with Gasteiger partial charge in [-0.1, -0.05) is 35.4 Å². The topological polar surface area (TPSA) is 58.2 Å². The summed E-state index contributed by atoms with van der Waals surface area (Å²) in [5.41, 5.74) is 2.09. The molecule has 2 amide bonds. The Morgan fingerprint density at radius 3 is 2.25 bits per heavy atom. The maximum Gasteiger partial charge on any atom is 0.239 e. The smallest absolute Gasteiger partial charge is 0.239 e. The van der Waals surface area contributed by atoms with Crippen molar-refractivity contribution >= 4 is 34.8 Å². The van der Waals surface area contributed by atoms with E-state index in [0.717, 1.165) is 11.1 Å². The number of nitrogens with one attached hydrogen (secondary N) is 2. The summed E-state index contributed by atoms with van der Waals surface area (Å²) in [6, 6.07) is 12.6. The molecule has 0 radical (unpaired) electrons. The van der Waals surface area contributed by atoms with Crippen molar-refractivity contribution in [1.82, 2.24) is 0 Å². The fraction of sp³-hybridized carbons (Fsp3) is 0.263. The zero-order valence-corrected chi connectivity index (χ0v) is 15.0. The van der Waals surface area contributed by atoms with Crippen LogP contribution < -0.4 is 10.6 Å². The van der Waals surface area contributed by atoms with Crippen LogP contribution in [0, 0.1) is 19.3 Å². The number of rotatable bonds is 4. The molecule has 2 aromatic rings. The molecule has 2 N–H and O–H groups in total. The van der Waals surface area contributed by atoms with E-state index in [-0.39, 0.29) is 5.91 Å². The van der Waals surface area contributed by atoms with Crippen LogP contribution in [0.15, 0.2) is 42.5 Å². The Balaban J connectivity index is 2.12. The molecule has 24 heavy (non-hydrogen) atoms. The van der Waals surface area contributed by atoms with E-state index in [1.807, 2.05) is 32.0 Å². The third-order valence-electron chi connectivity index (χ3n) is 3.85. The van der Waals surface area contributed by atoms with E-state index < -0.39 is 11.3 Å². The first kappa shape index (κ1) is 18.0. The van der Waals surface area contributed by atoms with E-state index in [9.17, 15) is 9.59 Å². The second kappa shape index (κ2) is 7.05. The molecule has 0 spiro atoms. The zero-order chi connectivity index (χ0) is 17.9. The first-order valence-corrected chi connectivity index (χ1v) is 8.03. The molecule has 0 aliphatic carbocycles. The molecule has 0 bridgehead atoms. The van der Waals surface area contributed by atoms with Crippen molar-refractivity contribution in [2.45, 2.75) is 27.7 Å². The van der Waals surface area contributed by atoms with Gasteiger partial charge >= 0.3 is 0 Å². The van der Waals surface area contributed by atoms with Crippen LogP contribution >= 0.6 is 11.6 Å². The molecule has 0 atom stereocenters. The SMILES string of the molecule is Cc1ccc(NC(=O)C(C)(C)C(=O)Nc2cccc(Cl)c2)c(C)c1. The number of halogens is 1. The van der Waals surface area contributed by atoms with Crippen LogP contribution in [0.2, 0.25) is 5.02 Å². The summed E-state index contributed by atoms with van der Waals surface area (Å²) >= 11 is 5.91. The molecule has 0 aliphatic rings. The monoisotopic (exact) mass is 344 g/mol. The van der Waals surface area contributed by atoms with E-state index in [1.165, 1.54) is 0 Å². The minimum Gasteiger partial charge on any atom is -0.325 e. The molecule has 5 heteroatoms. The molecule has 0 unspecified atom stereocenters. The van der Waals surface area contributed by atoms with Crippen molar-refractivity contribution < 1.29 is 9.59 Å². The Bertz CT molecular complexity index is 785. The van der Waals surface area contributed by atoms with Gasteiger partial charge in [0.05, 0.1) is 0 Å². The van der Waals surface area contributed by atoms with Crippen LogP contribution in [0.25, 0.3) is 0 Å². The molecule has 0 heterocycles. The van der Waals surface area contributed by atoms with Gasteiger partial charge in [-0.05, 0) is 57.5 Å². The average molecular weight is 345 g/mol. The van der Waals surface area contributed by atoms with E-state index >= 15 is 0 Å². The zero-order valence-electron chi connectivity index (χ0n) is 14.2. The predicted octanol–water partition coefficient (Wildman–Crippen LogP) is 4.56. The van der Waals surface area contributed by atoms with Crippen LogP contribution in [0.4, 0.5) is 11.4 Å². The Morgan fingerprint density at radius 2 is 1.62 bits per heavy atom. The number of carbonyl (C=O) groups is 2. The summed E-state index contributed by atoms with van der Waals surface area (Å²) in [6.45, 7) is 7.08. The van der Waals surface area contributed by atoms with Crippen LogP contribution in [-0.4, -0.2) is 11.8 Å².